The summed E-state index contributed by atoms with van der Waals surface area (Å²) in [6.45, 7) is 0. The molecule has 33 heavy (non-hydrogen) atoms. The van der Waals surface area contributed by atoms with E-state index in [2.05, 4.69) is 0 Å². The molecule has 0 radical (unpaired) electrons. The minimum Gasteiger partial charge on any atom is -0.0939 e. The molecule has 0 N–H and O–H groups in total. The molecule has 0 heterocycles. The third kappa shape index (κ3) is 3.20. The molecule has 0 spiro atoms. The topological polar surface area (TPSA) is 0 Å². The van der Waals surface area contributed by atoms with Crippen LogP contribution in [0.5, 0.6) is 0 Å². The van der Waals surface area contributed by atoms with Gasteiger partial charge < -0.3 is 0 Å². The van der Waals surface area contributed by atoms with Crippen LogP contribution in [0.1, 0.15) is 135 Å². The van der Waals surface area contributed by atoms with Gasteiger partial charge in [0.25, 0.3) is 0 Å². The van der Waals surface area contributed by atoms with Crippen LogP contribution in [0.2, 0.25) is 0 Å². The first-order chi connectivity index (χ1) is 16.1. The van der Waals surface area contributed by atoms with Crippen molar-refractivity contribution in [1.82, 2.24) is 0 Å². The Kier molecular flexibility index (Phi) is 5.10. The van der Waals surface area contributed by atoms with E-state index in [0.29, 0.717) is 0 Å². The molecule has 8 bridgehead atoms. The van der Waals surface area contributed by atoms with E-state index in [1.165, 1.54) is 0 Å². The van der Waals surface area contributed by atoms with Gasteiger partial charge in [-0.15, -0.1) is 0 Å². The first kappa shape index (κ1) is 21.9. The van der Waals surface area contributed by atoms with E-state index >= 15 is 0 Å². The molecule has 184 valence electrons. The summed E-state index contributed by atoms with van der Waals surface area (Å²) >= 11 is 0. The van der Waals surface area contributed by atoms with E-state index in [0.717, 1.165) is 44.3 Å². The van der Waals surface area contributed by atoms with Gasteiger partial charge in [-0.2, -0.15) is 0 Å². The molecule has 0 saturated heterocycles. The van der Waals surface area contributed by atoms with Gasteiger partial charge >= 0.3 is 0 Å². The van der Waals surface area contributed by atoms with Crippen molar-refractivity contribution >= 4 is 15.8 Å². The SMILES string of the molecule is C(CP(C12CCC(CC1)C2)C12CCC(CC1)C2)CP(C12CCC(CC1)C2)C12CCC(CC1)C2. The van der Waals surface area contributed by atoms with Crippen LogP contribution < -0.4 is 0 Å². The van der Waals surface area contributed by atoms with Gasteiger partial charge in [0.1, 0.15) is 0 Å². The third-order valence-corrected chi connectivity index (χ3v) is 22.5. The summed E-state index contributed by atoms with van der Waals surface area (Å²) in [5.74, 6) is 4.62. The van der Waals surface area contributed by atoms with Crippen molar-refractivity contribution in [3.8, 4) is 0 Å². The fourth-order valence-electron chi connectivity index (χ4n) is 12.5. The molecule has 8 aliphatic rings. The highest BCUT2D eigenvalue weighted by molar-refractivity contribution is 7.62. The summed E-state index contributed by atoms with van der Waals surface area (Å²) in [5, 5.41) is 3.54. The maximum atomic E-state index is 1.73. The van der Waals surface area contributed by atoms with Crippen LogP contribution in [0.15, 0.2) is 0 Å². The molecule has 0 nitrogen and oxygen atoms in total. The third-order valence-electron chi connectivity index (χ3n) is 13.9. The molecule has 0 amide bonds. The molecule has 8 aliphatic carbocycles. The van der Waals surface area contributed by atoms with Crippen LogP contribution in [-0.2, 0) is 0 Å². The zero-order valence-electron chi connectivity index (χ0n) is 21.5. The lowest BCUT2D eigenvalue weighted by molar-refractivity contribution is 0.470. The van der Waals surface area contributed by atoms with Crippen LogP contribution in [0.25, 0.3) is 0 Å². The minimum atomic E-state index is 0.286. The van der Waals surface area contributed by atoms with Gasteiger partial charge in [0.15, 0.2) is 0 Å². The molecule has 0 unspecified atom stereocenters. The average molecular weight is 485 g/mol. The maximum Gasteiger partial charge on any atom is -0.00866 e. The van der Waals surface area contributed by atoms with Gasteiger partial charge in [-0.05, 0) is 191 Å². The quantitative estimate of drug-likeness (QED) is 0.301. The molecule has 8 rings (SSSR count). The van der Waals surface area contributed by atoms with Crippen LogP contribution in [-0.4, -0.2) is 32.9 Å². The number of hydrogen-bond acceptors (Lipinski definition) is 0. The molecule has 0 aliphatic heterocycles. The van der Waals surface area contributed by atoms with Crippen molar-refractivity contribution in [3.05, 3.63) is 0 Å². The molecule has 0 aromatic rings. The van der Waals surface area contributed by atoms with Crippen molar-refractivity contribution in [1.29, 1.82) is 0 Å². The van der Waals surface area contributed by atoms with Crippen LogP contribution in [0, 0.1) is 23.7 Å². The lowest BCUT2D eigenvalue weighted by Gasteiger charge is -2.50. The van der Waals surface area contributed by atoms with Crippen LogP contribution in [0.3, 0.4) is 0 Å². The van der Waals surface area contributed by atoms with E-state index < -0.39 is 0 Å². The average Bonchev–Trinajstić information content (AvgIpc) is 3.71. The molecule has 0 aromatic carbocycles. The molecule has 2 heteroatoms. The predicted molar refractivity (Wildman–Crippen MR) is 145 cm³/mol. The van der Waals surface area contributed by atoms with Gasteiger partial charge in [0.05, 0.1) is 0 Å². The maximum absolute atomic E-state index is 1.73. The van der Waals surface area contributed by atoms with Gasteiger partial charge in [-0.1, -0.05) is 15.8 Å². The standard InChI is InChI=1S/C31H50P2/c1(18-32(28-10-2-24(20-28)3-11-28)29-12-4-25(21-29)5-13-29)19-33(30-14-6-26(22-30)7-15-30)31-16-8-27(23-31)9-17-31/h24-27H,1-23H2. The first-order valence-electron chi connectivity index (χ1n) is 15.7. The van der Waals surface area contributed by atoms with Crippen molar-refractivity contribution in [2.24, 2.45) is 23.7 Å². The van der Waals surface area contributed by atoms with E-state index in [1.54, 1.807) is 147 Å². The van der Waals surface area contributed by atoms with Gasteiger partial charge in [0.2, 0.25) is 0 Å². The Balaban J connectivity index is 1.05. The second-order valence-electron chi connectivity index (χ2n) is 15.1. The highest BCUT2D eigenvalue weighted by Crippen LogP contribution is 2.80. The molecular weight excluding hydrogens is 434 g/mol. The van der Waals surface area contributed by atoms with E-state index in [4.69, 9.17) is 0 Å². The van der Waals surface area contributed by atoms with Crippen molar-refractivity contribution in [2.75, 3.05) is 12.3 Å². The van der Waals surface area contributed by atoms with Crippen molar-refractivity contribution < 1.29 is 0 Å². The van der Waals surface area contributed by atoms with Crippen LogP contribution >= 0.6 is 15.8 Å². The number of rotatable bonds is 8. The lowest BCUT2D eigenvalue weighted by Crippen LogP contribution is -2.36. The van der Waals surface area contributed by atoms with Crippen molar-refractivity contribution in [3.63, 3.8) is 0 Å². The lowest BCUT2D eigenvalue weighted by atomic mass is 9.99. The summed E-state index contributed by atoms with van der Waals surface area (Å²) in [6, 6.07) is 0. The fraction of sp³-hybridized carbons (Fsp3) is 1.00. The van der Waals surface area contributed by atoms with E-state index in [1.807, 2.05) is 0 Å². The summed E-state index contributed by atoms with van der Waals surface area (Å²) < 4.78 is 0. The van der Waals surface area contributed by atoms with Gasteiger partial charge in [-0.3, -0.25) is 0 Å². The summed E-state index contributed by atoms with van der Waals surface area (Å²) in [5.41, 5.74) is 0. The first-order valence-corrected chi connectivity index (χ1v) is 18.7. The predicted octanol–water partition coefficient (Wildman–Crippen LogP) is 9.67. The monoisotopic (exact) mass is 484 g/mol. The Morgan fingerprint density at radius 2 is 0.636 bits per heavy atom. The Morgan fingerprint density at radius 1 is 0.394 bits per heavy atom. The Morgan fingerprint density at radius 3 is 0.818 bits per heavy atom. The van der Waals surface area contributed by atoms with Crippen LogP contribution in [0.4, 0.5) is 0 Å². The normalized spacial score (nSPS) is 55.3. The Bertz CT molecular complexity index is 630. The second-order valence-corrected chi connectivity index (χ2v) is 21.5. The Hall–Kier alpha value is 0.860. The zero-order valence-corrected chi connectivity index (χ0v) is 23.3. The van der Waals surface area contributed by atoms with Gasteiger partial charge in [-0.25, -0.2) is 0 Å². The highest BCUT2D eigenvalue weighted by atomic mass is 31.1. The van der Waals surface area contributed by atoms with E-state index in [-0.39, 0.29) is 15.8 Å². The minimum absolute atomic E-state index is 0.286. The number of hydrogen-bond donors (Lipinski definition) is 0. The largest absolute Gasteiger partial charge is 0.0939 e. The molecule has 0 aromatic heterocycles. The second kappa shape index (κ2) is 7.69. The van der Waals surface area contributed by atoms with Crippen molar-refractivity contribution in [2.45, 2.75) is 155 Å². The molecular formula is C31H50P2. The molecule has 8 fully saturated rings. The summed E-state index contributed by atoms with van der Waals surface area (Å²) in [7, 11) is 0.572. The smallest absolute Gasteiger partial charge is 0.00866 e. The summed E-state index contributed by atoms with van der Waals surface area (Å²) in [4.78, 5) is 0. The fourth-order valence-corrected chi connectivity index (χ4v) is 22.7. The van der Waals surface area contributed by atoms with Gasteiger partial charge in [0, 0.05) is 0 Å². The van der Waals surface area contributed by atoms with E-state index in [9.17, 15) is 0 Å². The highest BCUT2D eigenvalue weighted by Gasteiger charge is 2.61. The molecule has 8 saturated carbocycles. The zero-order chi connectivity index (χ0) is 21.7. The molecule has 0 atom stereocenters. The Labute approximate surface area is 207 Å². The summed E-state index contributed by atoms with van der Waals surface area (Å²) in [6.07, 6.45) is 38.2. The number of fused-ring (bicyclic) bond motifs is 8.